The predicted molar refractivity (Wildman–Crippen MR) is 65.4 cm³/mol. The molecule has 0 aliphatic carbocycles. The van der Waals surface area contributed by atoms with E-state index in [9.17, 15) is 0 Å². The molecule has 0 fully saturated rings. The highest BCUT2D eigenvalue weighted by molar-refractivity contribution is 5.35. The van der Waals surface area contributed by atoms with Crippen molar-refractivity contribution < 1.29 is 4.74 Å². The molecular weight excluding hydrogens is 198 g/mol. The van der Waals surface area contributed by atoms with Gasteiger partial charge < -0.3 is 4.74 Å². The maximum atomic E-state index is 5.86. The van der Waals surface area contributed by atoms with E-state index in [0.29, 0.717) is 17.9 Å². The number of pyridine rings is 1. The second-order valence-corrected chi connectivity index (χ2v) is 5.32. The van der Waals surface area contributed by atoms with Gasteiger partial charge in [-0.25, -0.2) is 0 Å². The lowest BCUT2D eigenvalue weighted by atomic mass is 9.88. The Hall–Kier alpha value is -0.890. The third-order valence-corrected chi connectivity index (χ3v) is 3.40. The highest BCUT2D eigenvalue weighted by Gasteiger charge is 2.24. The fourth-order valence-corrected chi connectivity index (χ4v) is 2.30. The van der Waals surface area contributed by atoms with Crippen LogP contribution in [-0.2, 0) is 17.8 Å². The summed E-state index contributed by atoms with van der Waals surface area (Å²) in [5, 5.41) is 0. The molecule has 1 aromatic heterocycles. The van der Waals surface area contributed by atoms with Gasteiger partial charge in [0.1, 0.15) is 0 Å². The summed E-state index contributed by atoms with van der Waals surface area (Å²) in [6.07, 6.45) is 5.39. The van der Waals surface area contributed by atoms with E-state index in [-0.39, 0.29) is 0 Å². The normalized spacial score (nSPS) is 20.2. The molecule has 0 spiro atoms. The van der Waals surface area contributed by atoms with Crippen LogP contribution < -0.4 is 0 Å². The van der Waals surface area contributed by atoms with Gasteiger partial charge in [-0.15, -0.1) is 0 Å². The molecule has 0 saturated heterocycles. The maximum absolute atomic E-state index is 5.86. The highest BCUT2D eigenvalue weighted by Crippen LogP contribution is 2.29. The Bertz CT molecular complexity index is 371. The summed E-state index contributed by atoms with van der Waals surface area (Å²) in [5.41, 5.74) is 4.16. The van der Waals surface area contributed by atoms with E-state index in [0.717, 1.165) is 13.0 Å². The first-order valence-corrected chi connectivity index (χ1v) is 6.16. The number of hydrogen-bond acceptors (Lipinski definition) is 2. The number of rotatable bonds is 2. The molecule has 2 heterocycles. The summed E-state index contributed by atoms with van der Waals surface area (Å²) in [6.45, 7) is 9.65. The van der Waals surface area contributed by atoms with Gasteiger partial charge >= 0.3 is 0 Å². The van der Waals surface area contributed by atoms with Gasteiger partial charge in [0, 0.05) is 12.4 Å². The number of aromatic nitrogens is 1. The standard InChI is InChI=1S/C14H21NO/c1-9(2)13-7-15-6-11-8-16-14(10(3)4)5-12(11)13/h6-7,9-10,14H,5,8H2,1-4H3. The Morgan fingerprint density at radius 3 is 2.62 bits per heavy atom. The van der Waals surface area contributed by atoms with Crippen LogP contribution in [0.5, 0.6) is 0 Å². The molecule has 2 rings (SSSR count). The van der Waals surface area contributed by atoms with Crippen LogP contribution in [0.25, 0.3) is 0 Å². The number of fused-ring (bicyclic) bond motifs is 1. The lowest BCUT2D eigenvalue weighted by Crippen LogP contribution is -2.28. The van der Waals surface area contributed by atoms with Crippen LogP contribution in [0.4, 0.5) is 0 Å². The minimum atomic E-state index is 0.368. The molecule has 88 valence electrons. The third-order valence-electron chi connectivity index (χ3n) is 3.40. The Balaban J connectivity index is 2.34. The van der Waals surface area contributed by atoms with Gasteiger partial charge in [0.25, 0.3) is 0 Å². The molecule has 0 amide bonds. The largest absolute Gasteiger partial charge is 0.373 e. The van der Waals surface area contributed by atoms with Crippen LogP contribution in [0.1, 0.15) is 50.3 Å². The monoisotopic (exact) mass is 219 g/mol. The quantitative estimate of drug-likeness (QED) is 0.761. The van der Waals surface area contributed by atoms with Crippen molar-refractivity contribution >= 4 is 0 Å². The van der Waals surface area contributed by atoms with E-state index in [4.69, 9.17) is 4.74 Å². The van der Waals surface area contributed by atoms with E-state index in [2.05, 4.69) is 32.7 Å². The van der Waals surface area contributed by atoms with Crippen LogP contribution in [-0.4, -0.2) is 11.1 Å². The molecule has 1 aliphatic heterocycles. The molecule has 0 aromatic carbocycles. The van der Waals surface area contributed by atoms with Crippen LogP contribution in [0.15, 0.2) is 12.4 Å². The van der Waals surface area contributed by atoms with Crippen molar-refractivity contribution in [2.24, 2.45) is 5.92 Å². The molecule has 1 aromatic rings. The summed E-state index contributed by atoms with van der Waals surface area (Å²) in [4.78, 5) is 4.31. The van der Waals surface area contributed by atoms with Gasteiger partial charge in [-0.2, -0.15) is 0 Å². The molecule has 2 heteroatoms. The fraction of sp³-hybridized carbons (Fsp3) is 0.643. The highest BCUT2D eigenvalue weighted by atomic mass is 16.5. The van der Waals surface area contributed by atoms with Crippen molar-refractivity contribution in [1.29, 1.82) is 0 Å². The summed E-state index contributed by atoms with van der Waals surface area (Å²) >= 11 is 0. The SMILES string of the molecule is CC(C)c1cncc2c1CC(C(C)C)OC2. The molecular formula is C14H21NO. The van der Waals surface area contributed by atoms with Crippen molar-refractivity contribution in [2.45, 2.75) is 52.7 Å². The van der Waals surface area contributed by atoms with Gasteiger partial charge in [-0.3, -0.25) is 4.98 Å². The van der Waals surface area contributed by atoms with Crippen LogP contribution in [0.3, 0.4) is 0 Å². The lowest BCUT2D eigenvalue weighted by molar-refractivity contribution is -0.000800. The van der Waals surface area contributed by atoms with E-state index in [1.54, 1.807) is 0 Å². The van der Waals surface area contributed by atoms with Crippen molar-refractivity contribution in [2.75, 3.05) is 0 Å². The first kappa shape index (κ1) is 11.6. The van der Waals surface area contributed by atoms with Gasteiger partial charge in [-0.05, 0) is 34.9 Å². The first-order valence-electron chi connectivity index (χ1n) is 6.16. The van der Waals surface area contributed by atoms with Gasteiger partial charge in [0.2, 0.25) is 0 Å². The van der Waals surface area contributed by atoms with E-state index in [1.807, 2.05) is 12.4 Å². The first-order chi connectivity index (χ1) is 7.59. The average Bonchev–Trinajstić information content (AvgIpc) is 2.27. The van der Waals surface area contributed by atoms with Crippen LogP contribution >= 0.6 is 0 Å². The predicted octanol–water partition coefficient (Wildman–Crippen LogP) is 3.30. The van der Waals surface area contributed by atoms with Crippen molar-refractivity contribution in [3.63, 3.8) is 0 Å². The van der Waals surface area contributed by atoms with E-state index >= 15 is 0 Å². The summed E-state index contributed by atoms with van der Waals surface area (Å²) < 4.78 is 5.86. The van der Waals surface area contributed by atoms with Gasteiger partial charge in [0.15, 0.2) is 0 Å². The average molecular weight is 219 g/mol. The molecule has 16 heavy (non-hydrogen) atoms. The number of ether oxygens (including phenoxy) is 1. The molecule has 1 aliphatic rings. The Kier molecular flexibility index (Phi) is 3.29. The molecule has 2 nitrogen and oxygen atoms in total. The topological polar surface area (TPSA) is 22.1 Å². The Morgan fingerprint density at radius 2 is 2.00 bits per heavy atom. The molecule has 0 radical (unpaired) electrons. The Morgan fingerprint density at radius 1 is 1.25 bits per heavy atom. The van der Waals surface area contributed by atoms with Gasteiger partial charge in [0.05, 0.1) is 12.7 Å². The summed E-state index contributed by atoms with van der Waals surface area (Å²) in [6, 6.07) is 0. The third kappa shape index (κ3) is 2.12. The maximum Gasteiger partial charge on any atom is 0.0738 e. The zero-order valence-corrected chi connectivity index (χ0v) is 10.7. The van der Waals surface area contributed by atoms with Crippen molar-refractivity contribution in [3.8, 4) is 0 Å². The van der Waals surface area contributed by atoms with Gasteiger partial charge in [-0.1, -0.05) is 27.7 Å². The minimum Gasteiger partial charge on any atom is -0.373 e. The van der Waals surface area contributed by atoms with Crippen molar-refractivity contribution in [1.82, 2.24) is 4.98 Å². The summed E-state index contributed by atoms with van der Waals surface area (Å²) in [5.74, 6) is 1.13. The zero-order chi connectivity index (χ0) is 11.7. The number of nitrogens with zero attached hydrogens (tertiary/aromatic N) is 1. The Labute approximate surface area is 98.0 Å². The summed E-state index contributed by atoms with van der Waals surface area (Å²) in [7, 11) is 0. The van der Waals surface area contributed by atoms with E-state index in [1.165, 1.54) is 16.7 Å². The second-order valence-electron chi connectivity index (χ2n) is 5.32. The molecule has 0 saturated carbocycles. The lowest BCUT2D eigenvalue weighted by Gasteiger charge is -2.30. The molecule has 0 bridgehead atoms. The zero-order valence-electron chi connectivity index (χ0n) is 10.7. The second kappa shape index (κ2) is 4.54. The molecule has 1 unspecified atom stereocenters. The van der Waals surface area contributed by atoms with Crippen LogP contribution in [0, 0.1) is 5.92 Å². The number of hydrogen-bond donors (Lipinski definition) is 0. The smallest absolute Gasteiger partial charge is 0.0738 e. The minimum absolute atomic E-state index is 0.368. The molecule has 1 atom stereocenters. The fourth-order valence-electron chi connectivity index (χ4n) is 2.30. The van der Waals surface area contributed by atoms with Crippen LogP contribution in [0.2, 0.25) is 0 Å². The van der Waals surface area contributed by atoms with E-state index < -0.39 is 0 Å². The molecule has 0 N–H and O–H groups in total. The van der Waals surface area contributed by atoms with Crippen molar-refractivity contribution in [3.05, 3.63) is 29.1 Å².